The van der Waals surface area contributed by atoms with Crippen molar-refractivity contribution in [1.29, 1.82) is 0 Å². The third-order valence-electron chi connectivity index (χ3n) is 5.41. The molecule has 0 bridgehead atoms. The lowest BCUT2D eigenvalue weighted by molar-refractivity contribution is 0.0943. The highest BCUT2D eigenvalue weighted by Gasteiger charge is 2.23. The number of carbonyl (C=O) groups is 1. The van der Waals surface area contributed by atoms with Gasteiger partial charge < -0.3 is 5.32 Å². The second-order valence-corrected chi connectivity index (χ2v) is 10.5. The Morgan fingerprint density at radius 3 is 2.20 bits per heavy atom. The fourth-order valence-corrected chi connectivity index (χ4v) is 5.36. The number of anilines is 1. The molecule has 8 heteroatoms. The Bertz CT molecular complexity index is 968. The number of hydrogen-bond acceptors (Lipinski definition) is 3. The van der Waals surface area contributed by atoms with Crippen molar-refractivity contribution in [1.82, 2.24) is 5.32 Å². The first kappa shape index (κ1) is 22.9. The van der Waals surface area contributed by atoms with Gasteiger partial charge in [-0.3, -0.25) is 9.10 Å². The normalized spacial score (nSPS) is 15.0. The van der Waals surface area contributed by atoms with E-state index in [0.717, 1.165) is 11.8 Å². The first-order chi connectivity index (χ1) is 14.3. The molecule has 0 atom stereocenters. The maximum Gasteiger partial charge on any atom is 0.251 e. The number of nitrogens with one attached hydrogen (secondary N) is 1. The average molecular weight is 469 g/mol. The van der Waals surface area contributed by atoms with Crippen molar-refractivity contribution in [2.75, 3.05) is 17.1 Å². The largest absolute Gasteiger partial charge is 0.352 e. The summed E-state index contributed by atoms with van der Waals surface area (Å²) >= 11 is 12.4. The number of hydrogen-bond donors (Lipinski definition) is 1. The first-order valence-electron chi connectivity index (χ1n) is 10.0. The van der Waals surface area contributed by atoms with Gasteiger partial charge in [-0.15, -0.1) is 0 Å². The molecule has 162 valence electrons. The molecule has 0 radical (unpaired) electrons. The molecule has 0 heterocycles. The van der Waals surface area contributed by atoms with Crippen LogP contribution in [0, 0.1) is 5.92 Å². The summed E-state index contributed by atoms with van der Waals surface area (Å²) in [4.78, 5) is 12.4. The summed E-state index contributed by atoms with van der Waals surface area (Å²) in [7, 11) is -3.62. The Morgan fingerprint density at radius 2 is 1.63 bits per heavy atom. The van der Waals surface area contributed by atoms with E-state index in [1.54, 1.807) is 42.5 Å². The van der Waals surface area contributed by atoms with Crippen LogP contribution in [0.25, 0.3) is 0 Å². The van der Waals surface area contributed by atoms with Gasteiger partial charge in [0.25, 0.3) is 5.91 Å². The van der Waals surface area contributed by atoms with Gasteiger partial charge in [0.2, 0.25) is 10.0 Å². The molecule has 30 heavy (non-hydrogen) atoms. The molecule has 1 fully saturated rings. The van der Waals surface area contributed by atoms with E-state index in [0.29, 0.717) is 18.0 Å². The molecule has 0 spiro atoms. The number of para-hydroxylation sites is 1. The monoisotopic (exact) mass is 468 g/mol. The fourth-order valence-electron chi connectivity index (χ4n) is 3.75. The van der Waals surface area contributed by atoms with Gasteiger partial charge in [-0.25, -0.2) is 8.42 Å². The van der Waals surface area contributed by atoms with E-state index in [1.165, 1.54) is 36.4 Å². The van der Waals surface area contributed by atoms with Crippen LogP contribution in [0.3, 0.4) is 0 Å². The molecule has 0 aromatic heterocycles. The van der Waals surface area contributed by atoms with Crippen molar-refractivity contribution >= 4 is 44.8 Å². The van der Waals surface area contributed by atoms with Gasteiger partial charge in [0.15, 0.2) is 0 Å². The Labute approximate surface area is 188 Å². The van der Waals surface area contributed by atoms with Gasteiger partial charge in [0.05, 0.1) is 28.5 Å². The van der Waals surface area contributed by atoms with E-state index < -0.39 is 10.0 Å². The molecule has 0 aliphatic heterocycles. The van der Waals surface area contributed by atoms with Crippen LogP contribution in [0.2, 0.25) is 10.0 Å². The van der Waals surface area contributed by atoms with Crippen LogP contribution >= 0.6 is 23.2 Å². The number of carbonyl (C=O) groups excluding carboxylic acids is 1. The van der Waals surface area contributed by atoms with Crippen molar-refractivity contribution in [2.45, 2.75) is 38.6 Å². The summed E-state index contributed by atoms with van der Waals surface area (Å²) in [5, 5.41) is 3.53. The number of sulfonamides is 1. The van der Waals surface area contributed by atoms with Gasteiger partial charge in [0.1, 0.15) is 0 Å². The van der Waals surface area contributed by atoms with Gasteiger partial charge in [0, 0.05) is 12.1 Å². The van der Waals surface area contributed by atoms with Crippen LogP contribution in [0.4, 0.5) is 5.69 Å². The predicted molar refractivity (Wildman–Crippen MR) is 123 cm³/mol. The third-order valence-corrected chi connectivity index (χ3v) is 7.13. The molecule has 1 saturated carbocycles. The quantitative estimate of drug-likeness (QED) is 0.601. The van der Waals surface area contributed by atoms with Crippen LogP contribution < -0.4 is 9.62 Å². The second-order valence-electron chi connectivity index (χ2n) is 7.75. The van der Waals surface area contributed by atoms with Crippen molar-refractivity contribution in [3.05, 3.63) is 63.6 Å². The molecule has 0 unspecified atom stereocenters. The molecule has 0 saturated heterocycles. The standard InChI is InChI=1S/C22H26Cl2N2O3S/c1-30(28,29)26(21-19(23)8-5-9-20(21)24)15-17-10-12-18(13-11-17)22(27)25-14-16-6-3-2-4-7-16/h5,8-13,16H,2-4,6-7,14-15H2,1H3,(H,25,27). The lowest BCUT2D eigenvalue weighted by Gasteiger charge is -2.24. The van der Waals surface area contributed by atoms with Crippen LogP contribution in [0.15, 0.2) is 42.5 Å². The molecule has 2 aromatic carbocycles. The van der Waals surface area contributed by atoms with E-state index in [9.17, 15) is 13.2 Å². The lowest BCUT2D eigenvalue weighted by Crippen LogP contribution is -2.30. The van der Waals surface area contributed by atoms with Crippen LogP contribution in [-0.2, 0) is 16.6 Å². The minimum atomic E-state index is -3.62. The number of nitrogens with zero attached hydrogens (tertiary/aromatic N) is 1. The summed E-state index contributed by atoms with van der Waals surface area (Å²) in [5.74, 6) is 0.451. The zero-order valence-electron chi connectivity index (χ0n) is 16.9. The van der Waals surface area contributed by atoms with Crippen LogP contribution in [-0.4, -0.2) is 27.1 Å². The summed E-state index contributed by atoms with van der Waals surface area (Å²) in [5.41, 5.74) is 1.52. The minimum absolute atomic E-state index is 0.0618. The van der Waals surface area contributed by atoms with Crippen molar-refractivity contribution in [3.8, 4) is 0 Å². The van der Waals surface area contributed by atoms with E-state index in [1.807, 2.05) is 0 Å². The Hall–Kier alpha value is -1.76. The van der Waals surface area contributed by atoms with Crippen molar-refractivity contribution in [3.63, 3.8) is 0 Å². The molecule has 1 amide bonds. The highest BCUT2D eigenvalue weighted by atomic mass is 35.5. The highest BCUT2D eigenvalue weighted by molar-refractivity contribution is 7.92. The van der Waals surface area contributed by atoms with E-state index in [2.05, 4.69) is 5.32 Å². The maximum absolute atomic E-state index is 12.4. The summed E-state index contributed by atoms with van der Waals surface area (Å²) in [6, 6.07) is 11.8. The molecular formula is C22H26Cl2N2O3S. The Kier molecular flexibility index (Phi) is 7.66. The molecule has 3 rings (SSSR count). The van der Waals surface area contributed by atoms with Crippen LogP contribution in [0.5, 0.6) is 0 Å². The zero-order valence-corrected chi connectivity index (χ0v) is 19.2. The zero-order chi connectivity index (χ0) is 21.7. The molecule has 1 N–H and O–H groups in total. The summed E-state index contributed by atoms with van der Waals surface area (Å²) in [6.07, 6.45) is 7.22. The molecule has 2 aromatic rings. The fraction of sp³-hybridized carbons (Fsp3) is 0.409. The van der Waals surface area contributed by atoms with E-state index >= 15 is 0 Å². The SMILES string of the molecule is CS(=O)(=O)N(Cc1ccc(C(=O)NCC2CCCCC2)cc1)c1c(Cl)cccc1Cl. The average Bonchev–Trinajstić information content (AvgIpc) is 2.71. The Morgan fingerprint density at radius 1 is 1.03 bits per heavy atom. The smallest absolute Gasteiger partial charge is 0.251 e. The topological polar surface area (TPSA) is 66.5 Å². The van der Waals surface area contributed by atoms with Crippen molar-refractivity contribution < 1.29 is 13.2 Å². The maximum atomic E-state index is 12.4. The third kappa shape index (κ3) is 5.90. The minimum Gasteiger partial charge on any atom is -0.352 e. The molecule has 1 aliphatic carbocycles. The first-order valence-corrected chi connectivity index (χ1v) is 12.6. The van der Waals surface area contributed by atoms with E-state index in [4.69, 9.17) is 23.2 Å². The molecular weight excluding hydrogens is 443 g/mol. The van der Waals surface area contributed by atoms with Gasteiger partial charge in [-0.2, -0.15) is 0 Å². The van der Waals surface area contributed by atoms with E-state index in [-0.39, 0.29) is 28.2 Å². The molecule has 1 aliphatic rings. The number of benzene rings is 2. The lowest BCUT2D eigenvalue weighted by atomic mass is 9.89. The van der Waals surface area contributed by atoms with Gasteiger partial charge >= 0.3 is 0 Å². The summed E-state index contributed by atoms with van der Waals surface area (Å²) in [6.45, 7) is 0.764. The molecule has 5 nitrogen and oxygen atoms in total. The van der Waals surface area contributed by atoms with Gasteiger partial charge in [-0.1, -0.05) is 60.7 Å². The predicted octanol–water partition coefficient (Wildman–Crippen LogP) is 5.27. The highest BCUT2D eigenvalue weighted by Crippen LogP contribution is 2.36. The number of rotatable bonds is 7. The van der Waals surface area contributed by atoms with Gasteiger partial charge in [-0.05, 0) is 48.6 Å². The Balaban J connectivity index is 1.70. The van der Waals surface area contributed by atoms with Crippen LogP contribution in [0.1, 0.15) is 48.0 Å². The second kappa shape index (κ2) is 10.0. The number of halogens is 2. The summed E-state index contributed by atoms with van der Waals surface area (Å²) < 4.78 is 26.0. The van der Waals surface area contributed by atoms with Crippen molar-refractivity contribution in [2.24, 2.45) is 5.92 Å². The number of amides is 1.